The average Bonchev–Trinajstić information content (AvgIpc) is 3.04. The summed E-state index contributed by atoms with van der Waals surface area (Å²) in [5.41, 5.74) is 2.82. The third kappa shape index (κ3) is 4.51. The second kappa shape index (κ2) is 8.47. The highest BCUT2D eigenvalue weighted by molar-refractivity contribution is 9.10. The number of halogens is 1. The molecule has 0 N–H and O–H groups in total. The number of aromatic nitrogens is 3. The van der Waals surface area contributed by atoms with E-state index in [0.29, 0.717) is 23.0 Å². The van der Waals surface area contributed by atoms with Gasteiger partial charge in [-0.15, -0.1) is 11.7 Å². The van der Waals surface area contributed by atoms with Gasteiger partial charge in [-0.25, -0.2) is 9.67 Å². The molecule has 0 atom stereocenters. The first kappa shape index (κ1) is 18.6. The monoisotopic (exact) mass is 427 g/mol. The van der Waals surface area contributed by atoms with Crippen molar-refractivity contribution in [2.24, 2.45) is 0 Å². The maximum absolute atomic E-state index is 12.3. The molecular weight excluding hydrogens is 410 g/mol. The highest BCUT2D eigenvalue weighted by Crippen LogP contribution is 2.24. The number of thioether (sulfide) groups is 1. The maximum Gasteiger partial charge on any atom is 0.209 e. The summed E-state index contributed by atoms with van der Waals surface area (Å²) >= 11 is 4.79. The van der Waals surface area contributed by atoms with Crippen molar-refractivity contribution in [1.29, 1.82) is 0 Å². The molecule has 0 radical (unpaired) electrons. The van der Waals surface area contributed by atoms with Crippen LogP contribution in [-0.4, -0.2) is 26.3 Å². The van der Waals surface area contributed by atoms with Crippen molar-refractivity contribution in [2.75, 3.05) is 5.75 Å². The average molecular weight is 428 g/mol. The summed E-state index contributed by atoms with van der Waals surface area (Å²) in [4.78, 5) is 17.0. The van der Waals surface area contributed by atoms with E-state index in [1.54, 1.807) is 10.8 Å². The molecule has 0 bridgehead atoms. The van der Waals surface area contributed by atoms with Crippen molar-refractivity contribution >= 4 is 33.5 Å². The topological polar surface area (TPSA) is 47.8 Å². The van der Waals surface area contributed by atoms with Gasteiger partial charge in [0.2, 0.25) is 5.16 Å². The Morgan fingerprint density at radius 1 is 1.19 bits per heavy atom. The van der Waals surface area contributed by atoms with E-state index in [1.165, 1.54) is 11.8 Å². The Kier molecular flexibility index (Phi) is 6.06. The molecule has 0 aliphatic rings. The summed E-state index contributed by atoms with van der Waals surface area (Å²) in [5, 5.41) is 5.10. The first-order valence-electron chi connectivity index (χ1n) is 8.11. The molecule has 0 spiro atoms. The minimum atomic E-state index is 0.0697. The summed E-state index contributed by atoms with van der Waals surface area (Å²) in [6, 6.07) is 15.5. The van der Waals surface area contributed by atoms with E-state index in [2.05, 4.69) is 32.6 Å². The number of rotatable bonds is 7. The third-order valence-electron chi connectivity index (χ3n) is 3.76. The Labute approximate surface area is 165 Å². The van der Waals surface area contributed by atoms with Crippen LogP contribution >= 0.6 is 27.7 Å². The predicted octanol–water partition coefficient (Wildman–Crippen LogP) is 5.18. The number of hydrogen-bond donors (Lipinski definition) is 0. The highest BCUT2D eigenvalue weighted by Gasteiger charge is 2.14. The minimum Gasteiger partial charge on any atom is -0.293 e. The third-order valence-corrected chi connectivity index (χ3v) is 5.13. The van der Waals surface area contributed by atoms with E-state index in [9.17, 15) is 4.79 Å². The van der Waals surface area contributed by atoms with E-state index in [4.69, 9.17) is 0 Å². The molecule has 0 unspecified atom stereocenters. The second-order valence-corrected chi connectivity index (χ2v) is 7.63. The summed E-state index contributed by atoms with van der Waals surface area (Å²) in [6.45, 7) is 6.34. The Bertz CT molecular complexity index is 917. The molecule has 0 aliphatic carbocycles. The van der Waals surface area contributed by atoms with Gasteiger partial charge in [-0.1, -0.05) is 75.7 Å². The zero-order valence-electron chi connectivity index (χ0n) is 14.4. The van der Waals surface area contributed by atoms with Crippen molar-refractivity contribution in [3.8, 4) is 11.4 Å². The SMILES string of the molecule is C=CCn1nc(SCC(=O)c2ccc(C)cc2)nc1-c1ccc(Br)cc1. The molecular formula is C20H18BrN3OS. The lowest BCUT2D eigenvalue weighted by atomic mass is 10.1. The highest BCUT2D eigenvalue weighted by atomic mass is 79.9. The number of benzene rings is 2. The maximum atomic E-state index is 12.3. The molecule has 3 aromatic rings. The lowest BCUT2D eigenvalue weighted by molar-refractivity contribution is 0.102. The van der Waals surface area contributed by atoms with Crippen molar-refractivity contribution in [3.05, 3.63) is 76.8 Å². The number of aryl methyl sites for hydroxylation is 1. The van der Waals surface area contributed by atoms with Crippen molar-refractivity contribution < 1.29 is 4.79 Å². The van der Waals surface area contributed by atoms with Crippen LogP contribution in [0.25, 0.3) is 11.4 Å². The molecule has 0 aliphatic heterocycles. The smallest absolute Gasteiger partial charge is 0.209 e. The van der Waals surface area contributed by atoms with Crippen LogP contribution in [0.1, 0.15) is 15.9 Å². The molecule has 3 rings (SSSR count). The number of allylic oxidation sites excluding steroid dienone is 1. The first-order valence-corrected chi connectivity index (χ1v) is 9.89. The lowest BCUT2D eigenvalue weighted by Crippen LogP contribution is -2.03. The van der Waals surface area contributed by atoms with Gasteiger partial charge in [-0.2, -0.15) is 0 Å². The van der Waals surface area contributed by atoms with Crippen LogP contribution in [-0.2, 0) is 6.54 Å². The molecule has 2 aromatic carbocycles. The van der Waals surface area contributed by atoms with Crippen LogP contribution in [0.5, 0.6) is 0 Å². The Morgan fingerprint density at radius 2 is 1.88 bits per heavy atom. The summed E-state index contributed by atoms with van der Waals surface area (Å²) in [6.07, 6.45) is 1.78. The van der Waals surface area contributed by atoms with E-state index in [0.717, 1.165) is 21.4 Å². The van der Waals surface area contributed by atoms with Gasteiger partial charge >= 0.3 is 0 Å². The Morgan fingerprint density at radius 3 is 2.54 bits per heavy atom. The zero-order valence-corrected chi connectivity index (χ0v) is 16.8. The summed E-state index contributed by atoms with van der Waals surface area (Å²) < 4.78 is 2.81. The Hall–Kier alpha value is -2.18. The number of ketones is 1. The molecule has 0 amide bonds. The lowest BCUT2D eigenvalue weighted by Gasteiger charge is -2.02. The zero-order chi connectivity index (χ0) is 18.5. The van der Waals surface area contributed by atoms with Crippen LogP contribution in [0, 0.1) is 6.92 Å². The number of nitrogens with zero attached hydrogens (tertiary/aromatic N) is 3. The van der Waals surface area contributed by atoms with Gasteiger partial charge in [-0.3, -0.25) is 4.79 Å². The van der Waals surface area contributed by atoms with Crippen LogP contribution in [0.4, 0.5) is 0 Å². The molecule has 0 saturated heterocycles. The largest absolute Gasteiger partial charge is 0.293 e. The van der Waals surface area contributed by atoms with Crippen LogP contribution in [0.3, 0.4) is 0 Å². The predicted molar refractivity (Wildman–Crippen MR) is 110 cm³/mol. The van der Waals surface area contributed by atoms with Crippen molar-refractivity contribution in [1.82, 2.24) is 14.8 Å². The van der Waals surface area contributed by atoms with Gasteiger partial charge in [0.15, 0.2) is 11.6 Å². The molecule has 6 heteroatoms. The van der Waals surface area contributed by atoms with Crippen molar-refractivity contribution in [3.63, 3.8) is 0 Å². The van der Waals surface area contributed by atoms with Gasteiger partial charge in [0.05, 0.1) is 12.3 Å². The molecule has 4 nitrogen and oxygen atoms in total. The molecule has 132 valence electrons. The fraction of sp³-hybridized carbons (Fsp3) is 0.150. The number of hydrogen-bond acceptors (Lipinski definition) is 4. The first-order chi connectivity index (χ1) is 12.6. The van der Waals surface area contributed by atoms with E-state index in [1.807, 2.05) is 55.5 Å². The van der Waals surface area contributed by atoms with Gasteiger partial charge in [0.1, 0.15) is 0 Å². The van der Waals surface area contributed by atoms with Crippen LogP contribution in [0.2, 0.25) is 0 Å². The van der Waals surface area contributed by atoms with Gasteiger partial charge in [0.25, 0.3) is 0 Å². The van der Waals surface area contributed by atoms with Gasteiger partial charge in [0, 0.05) is 15.6 Å². The molecule has 0 saturated carbocycles. The van der Waals surface area contributed by atoms with E-state index >= 15 is 0 Å². The molecule has 1 aromatic heterocycles. The normalized spacial score (nSPS) is 10.7. The molecule has 1 heterocycles. The quantitative estimate of drug-likeness (QED) is 0.296. The second-order valence-electron chi connectivity index (χ2n) is 5.77. The van der Waals surface area contributed by atoms with Gasteiger partial charge in [-0.05, 0) is 19.1 Å². The fourth-order valence-electron chi connectivity index (χ4n) is 2.40. The molecule has 26 heavy (non-hydrogen) atoms. The van der Waals surface area contributed by atoms with Crippen molar-refractivity contribution in [2.45, 2.75) is 18.6 Å². The summed E-state index contributed by atoms with van der Waals surface area (Å²) in [5.74, 6) is 1.14. The summed E-state index contributed by atoms with van der Waals surface area (Å²) in [7, 11) is 0. The van der Waals surface area contributed by atoms with Gasteiger partial charge < -0.3 is 0 Å². The fourth-order valence-corrected chi connectivity index (χ4v) is 3.40. The standard InChI is InChI=1S/C20H18BrN3OS/c1-3-12-24-19(16-8-10-17(21)11-9-16)22-20(23-24)26-13-18(25)15-6-4-14(2)5-7-15/h3-11H,1,12-13H2,2H3. The number of Topliss-reactive ketones (excluding diaryl/α,β-unsaturated/α-hetero) is 1. The van der Waals surface area contributed by atoms with E-state index in [-0.39, 0.29) is 5.78 Å². The molecule has 0 fully saturated rings. The number of carbonyl (C=O) groups is 1. The number of carbonyl (C=O) groups excluding carboxylic acids is 1. The van der Waals surface area contributed by atoms with E-state index < -0.39 is 0 Å². The van der Waals surface area contributed by atoms with Crippen LogP contribution < -0.4 is 0 Å². The Balaban J connectivity index is 1.76. The minimum absolute atomic E-state index is 0.0697. The van der Waals surface area contributed by atoms with Crippen LogP contribution in [0.15, 0.2) is 70.8 Å².